The molecule has 0 saturated carbocycles. The van der Waals surface area contributed by atoms with Crippen LogP contribution in [0.4, 0.5) is 4.79 Å². The molecule has 2 saturated heterocycles. The number of urea groups is 1. The maximum Gasteiger partial charge on any atom is 0.327 e. The van der Waals surface area contributed by atoms with Crippen molar-refractivity contribution in [1.29, 1.82) is 0 Å². The lowest BCUT2D eigenvalue weighted by atomic mass is 9.82. The quantitative estimate of drug-likeness (QED) is 0.693. The van der Waals surface area contributed by atoms with E-state index in [-0.39, 0.29) is 11.9 Å². The number of carbonyl (C=O) groups excluding carboxylic acids is 2. The van der Waals surface area contributed by atoms with Crippen LogP contribution in [-0.2, 0) is 24.2 Å². The van der Waals surface area contributed by atoms with Crippen molar-refractivity contribution in [3.8, 4) is 5.75 Å². The number of likely N-dealkylation sites (N-methyl/N-ethyl adjacent to an activating group) is 1. The second-order valence-corrected chi connectivity index (χ2v) is 9.31. The highest BCUT2D eigenvalue weighted by molar-refractivity contribution is 6.06. The molecule has 1 spiro atoms. The highest BCUT2D eigenvalue weighted by atomic mass is 16.5. The Bertz CT molecular complexity index is 1010. The predicted octanol–water partition coefficient (Wildman–Crippen LogP) is 3.48. The van der Waals surface area contributed by atoms with Gasteiger partial charge in [-0.25, -0.2) is 4.79 Å². The van der Waals surface area contributed by atoms with E-state index in [1.807, 2.05) is 24.3 Å². The molecule has 2 aliphatic heterocycles. The molecule has 3 aliphatic rings. The van der Waals surface area contributed by atoms with Crippen LogP contribution in [0, 0.1) is 0 Å². The summed E-state index contributed by atoms with van der Waals surface area (Å²) in [5.74, 6) is 0.716. The summed E-state index contributed by atoms with van der Waals surface area (Å²) in [6.07, 6.45) is 4.76. The number of hydrogen-bond acceptors (Lipinski definition) is 4. The van der Waals surface area contributed by atoms with Crippen LogP contribution in [0.2, 0.25) is 0 Å². The van der Waals surface area contributed by atoms with Gasteiger partial charge in [-0.2, -0.15) is 0 Å². The molecule has 1 aliphatic carbocycles. The molecule has 32 heavy (non-hydrogen) atoms. The molecular weight excluding hydrogens is 402 g/mol. The van der Waals surface area contributed by atoms with E-state index in [0.717, 1.165) is 43.7 Å². The lowest BCUT2D eigenvalue weighted by Gasteiger charge is -2.44. The minimum atomic E-state index is -0.702. The zero-order valence-corrected chi connectivity index (χ0v) is 18.9. The lowest BCUT2D eigenvalue weighted by Crippen LogP contribution is -2.57. The van der Waals surface area contributed by atoms with Gasteiger partial charge in [-0.05, 0) is 60.9 Å². The first-order chi connectivity index (χ1) is 15.5. The molecule has 168 valence electrons. The van der Waals surface area contributed by atoms with Crippen LogP contribution in [0.5, 0.6) is 5.75 Å². The Morgan fingerprint density at radius 3 is 2.38 bits per heavy atom. The summed E-state index contributed by atoms with van der Waals surface area (Å²) in [5.41, 5.74) is 3.16. The molecule has 6 nitrogen and oxygen atoms in total. The molecule has 2 aromatic carbocycles. The number of benzene rings is 2. The average molecular weight is 434 g/mol. The maximum atomic E-state index is 13.5. The Morgan fingerprint density at radius 1 is 1.00 bits per heavy atom. The molecule has 2 aromatic rings. The van der Waals surface area contributed by atoms with Crippen LogP contribution < -0.4 is 4.74 Å². The molecule has 0 bridgehead atoms. The van der Waals surface area contributed by atoms with Gasteiger partial charge >= 0.3 is 6.03 Å². The van der Waals surface area contributed by atoms with Crippen molar-refractivity contribution in [2.75, 3.05) is 27.2 Å². The third-order valence-electron chi connectivity index (χ3n) is 7.77. The van der Waals surface area contributed by atoms with Gasteiger partial charge in [0.1, 0.15) is 11.3 Å². The third-order valence-corrected chi connectivity index (χ3v) is 7.77. The average Bonchev–Trinajstić information content (AvgIpc) is 3.01. The molecule has 1 unspecified atom stereocenters. The SMILES string of the molecule is COc1ccc(CN2C(=O)N(C)C3(CCN(C4CCc5ccccc5C4)CC3)C2=O)cc1. The number of rotatable bonds is 4. The fraction of sp³-hybridized carbons (Fsp3) is 0.462. The van der Waals surface area contributed by atoms with Crippen LogP contribution in [0.15, 0.2) is 48.5 Å². The molecule has 5 rings (SSSR count). The van der Waals surface area contributed by atoms with Crippen molar-refractivity contribution in [2.24, 2.45) is 0 Å². The van der Waals surface area contributed by atoms with E-state index in [4.69, 9.17) is 4.74 Å². The van der Waals surface area contributed by atoms with Gasteiger partial charge in [-0.1, -0.05) is 36.4 Å². The summed E-state index contributed by atoms with van der Waals surface area (Å²) >= 11 is 0. The van der Waals surface area contributed by atoms with Crippen LogP contribution in [-0.4, -0.2) is 65.5 Å². The molecule has 2 heterocycles. The molecule has 0 aromatic heterocycles. The zero-order chi connectivity index (χ0) is 22.3. The minimum absolute atomic E-state index is 0.0468. The normalized spacial score (nSPS) is 23.0. The Balaban J connectivity index is 1.26. The number of piperidine rings is 1. The molecule has 0 N–H and O–H groups in total. The number of nitrogens with zero attached hydrogens (tertiary/aromatic N) is 3. The summed E-state index contributed by atoms with van der Waals surface area (Å²) in [4.78, 5) is 32.2. The van der Waals surface area contributed by atoms with Crippen LogP contribution in [0.25, 0.3) is 0 Å². The van der Waals surface area contributed by atoms with Crippen molar-refractivity contribution in [2.45, 2.75) is 50.2 Å². The third kappa shape index (κ3) is 3.47. The van der Waals surface area contributed by atoms with Crippen molar-refractivity contribution in [1.82, 2.24) is 14.7 Å². The van der Waals surface area contributed by atoms with Gasteiger partial charge in [0.05, 0.1) is 13.7 Å². The number of ether oxygens (including phenoxy) is 1. The van der Waals surface area contributed by atoms with Gasteiger partial charge < -0.3 is 9.64 Å². The number of fused-ring (bicyclic) bond motifs is 1. The van der Waals surface area contributed by atoms with Gasteiger partial charge in [-0.3, -0.25) is 14.6 Å². The van der Waals surface area contributed by atoms with E-state index in [9.17, 15) is 9.59 Å². The summed E-state index contributed by atoms with van der Waals surface area (Å²) in [7, 11) is 3.42. The summed E-state index contributed by atoms with van der Waals surface area (Å²) in [6, 6.07) is 16.6. The topological polar surface area (TPSA) is 53.1 Å². The lowest BCUT2D eigenvalue weighted by molar-refractivity contribution is -0.136. The molecule has 1 atom stereocenters. The Hall–Kier alpha value is -2.86. The summed E-state index contributed by atoms with van der Waals surface area (Å²) in [5, 5.41) is 0. The number of likely N-dealkylation sites (tertiary alicyclic amines) is 1. The molecule has 6 heteroatoms. The molecular formula is C26H31N3O3. The fourth-order valence-electron chi connectivity index (χ4n) is 5.70. The molecule has 2 fully saturated rings. The summed E-state index contributed by atoms with van der Waals surface area (Å²) < 4.78 is 5.21. The number of hydrogen-bond donors (Lipinski definition) is 0. The standard InChI is InChI=1S/C26H31N3O3/c1-27-25(31)29(18-19-7-11-23(32-2)12-8-19)24(30)26(27)13-15-28(16-14-26)22-10-9-20-5-3-4-6-21(20)17-22/h3-8,11-12,22H,9-10,13-18H2,1-2H3. The first-order valence-electron chi connectivity index (χ1n) is 11.6. The maximum absolute atomic E-state index is 13.5. The van der Waals surface area contributed by atoms with E-state index in [1.165, 1.54) is 16.0 Å². The smallest absolute Gasteiger partial charge is 0.327 e. The van der Waals surface area contributed by atoms with E-state index in [0.29, 0.717) is 25.4 Å². The number of aryl methyl sites for hydroxylation is 1. The van der Waals surface area contributed by atoms with Gasteiger partial charge in [0.15, 0.2) is 0 Å². The number of methoxy groups -OCH3 is 1. The van der Waals surface area contributed by atoms with E-state index in [2.05, 4.69) is 29.2 Å². The van der Waals surface area contributed by atoms with Gasteiger partial charge in [0, 0.05) is 26.2 Å². The second kappa shape index (κ2) is 8.24. The second-order valence-electron chi connectivity index (χ2n) is 9.31. The fourth-order valence-corrected chi connectivity index (χ4v) is 5.70. The molecule has 3 amide bonds. The van der Waals surface area contributed by atoms with Crippen LogP contribution >= 0.6 is 0 Å². The Kier molecular flexibility index (Phi) is 5.41. The number of imide groups is 1. The highest BCUT2D eigenvalue weighted by Crippen LogP contribution is 2.38. The van der Waals surface area contributed by atoms with Crippen molar-refractivity contribution >= 4 is 11.9 Å². The largest absolute Gasteiger partial charge is 0.497 e. The Morgan fingerprint density at radius 2 is 1.69 bits per heavy atom. The Labute approximate surface area is 189 Å². The number of carbonyl (C=O) groups is 2. The first kappa shape index (κ1) is 21.0. The van der Waals surface area contributed by atoms with Crippen molar-refractivity contribution in [3.05, 3.63) is 65.2 Å². The van der Waals surface area contributed by atoms with E-state index in [1.54, 1.807) is 19.1 Å². The summed E-state index contributed by atoms with van der Waals surface area (Å²) in [6.45, 7) is 2.01. The minimum Gasteiger partial charge on any atom is -0.497 e. The zero-order valence-electron chi connectivity index (χ0n) is 18.9. The van der Waals surface area contributed by atoms with Gasteiger partial charge in [0.25, 0.3) is 5.91 Å². The monoisotopic (exact) mass is 433 g/mol. The van der Waals surface area contributed by atoms with Crippen LogP contribution in [0.1, 0.15) is 36.0 Å². The first-order valence-corrected chi connectivity index (χ1v) is 11.6. The predicted molar refractivity (Wildman–Crippen MR) is 122 cm³/mol. The van der Waals surface area contributed by atoms with E-state index < -0.39 is 5.54 Å². The van der Waals surface area contributed by atoms with Gasteiger partial charge in [-0.15, -0.1) is 0 Å². The van der Waals surface area contributed by atoms with E-state index >= 15 is 0 Å². The van der Waals surface area contributed by atoms with Gasteiger partial charge in [0.2, 0.25) is 0 Å². The van der Waals surface area contributed by atoms with Crippen molar-refractivity contribution in [3.63, 3.8) is 0 Å². The number of amides is 3. The molecule has 0 radical (unpaired) electrons. The van der Waals surface area contributed by atoms with Crippen LogP contribution in [0.3, 0.4) is 0 Å². The highest BCUT2D eigenvalue weighted by Gasteiger charge is 2.56. The van der Waals surface area contributed by atoms with Crippen molar-refractivity contribution < 1.29 is 14.3 Å².